The summed E-state index contributed by atoms with van der Waals surface area (Å²) in [6.45, 7) is 3.97. The van der Waals surface area contributed by atoms with Crippen LogP contribution < -0.4 is 5.73 Å². The number of aromatic nitrogens is 5. The average Bonchev–Trinajstić information content (AvgIpc) is 3.09. The summed E-state index contributed by atoms with van der Waals surface area (Å²) in [7, 11) is 0. The van der Waals surface area contributed by atoms with Gasteiger partial charge >= 0.3 is 5.97 Å². The molecule has 0 fully saturated rings. The molecule has 0 amide bonds. The molecule has 0 aliphatic heterocycles. The van der Waals surface area contributed by atoms with Crippen LogP contribution in [0.4, 0.5) is 5.82 Å². The molecule has 0 saturated carbocycles. The Morgan fingerprint density at radius 3 is 2.85 bits per heavy atom. The van der Waals surface area contributed by atoms with Crippen molar-refractivity contribution in [1.29, 1.82) is 0 Å². The van der Waals surface area contributed by atoms with Crippen LogP contribution in [-0.2, 0) is 11.3 Å². The van der Waals surface area contributed by atoms with E-state index in [1.54, 1.807) is 16.9 Å². The molecule has 136 valence electrons. The molecule has 0 bridgehead atoms. The van der Waals surface area contributed by atoms with Crippen LogP contribution in [-0.4, -0.2) is 30.7 Å². The number of benzene rings is 1. The van der Waals surface area contributed by atoms with Gasteiger partial charge in [0.15, 0.2) is 18.1 Å². The van der Waals surface area contributed by atoms with Crippen LogP contribution >= 0.6 is 0 Å². The Hall–Kier alpha value is -3.55. The molecule has 8 heteroatoms. The maximum absolute atomic E-state index is 12.4. The maximum Gasteiger partial charge on any atom is 0.340 e. The minimum Gasteiger partial charge on any atom is -0.454 e. The number of fused-ring (bicyclic) bond motifs is 2. The predicted molar refractivity (Wildman–Crippen MR) is 101 cm³/mol. The van der Waals surface area contributed by atoms with Crippen LogP contribution in [0.3, 0.4) is 0 Å². The van der Waals surface area contributed by atoms with Crippen molar-refractivity contribution in [3.05, 3.63) is 54.1 Å². The van der Waals surface area contributed by atoms with Gasteiger partial charge in [-0.2, -0.15) is 5.10 Å². The molecular weight excluding hydrogens is 344 g/mol. The first-order chi connectivity index (χ1) is 13.0. The number of nitrogens with zero attached hydrogens (tertiary/aromatic N) is 5. The third-order valence-corrected chi connectivity index (χ3v) is 4.17. The number of ether oxygens (including phenoxy) is 1. The van der Waals surface area contributed by atoms with Gasteiger partial charge in [0.2, 0.25) is 0 Å². The van der Waals surface area contributed by atoms with Gasteiger partial charge in [-0.25, -0.2) is 24.4 Å². The average molecular weight is 362 g/mol. The smallest absolute Gasteiger partial charge is 0.340 e. The van der Waals surface area contributed by atoms with Crippen LogP contribution in [0, 0.1) is 0 Å². The van der Waals surface area contributed by atoms with E-state index in [4.69, 9.17) is 10.5 Å². The first-order valence-corrected chi connectivity index (χ1v) is 8.54. The highest BCUT2D eigenvalue weighted by molar-refractivity contribution is 5.93. The molecule has 4 rings (SSSR count). The zero-order valence-electron chi connectivity index (χ0n) is 15.0. The van der Waals surface area contributed by atoms with Crippen molar-refractivity contribution in [2.75, 3.05) is 5.73 Å². The van der Waals surface area contributed by atoms with E-state index in [-0.39, 0.29) is 12.6 Å². The lowest BCUT2D eigenvalue weighted by molar-refractivity contribution is 0.0462. The Balaban J connectivity index is 1.53. The molecule has 3 aromatic heterocycles. The number of rotatable bonds is 4. The summed E-state index contributed by atoms with van der Waals surface area (Å²) in [6, 6.07) is 9.31. The largest absolute Gasteiger partial charge is 0.454 e. The molecule has 0 aliphatic rings. The number of carbonyl (C=O) groups is 1. The van der Waals surface area contributed by atoms with Gasteiger partial charge in [0, 0.05) is 23.0 Å². The van der Waals surface area contributed by atoms with Gasteiger partial charge in [-0.15, -0.1) is 0 Å². The maximum atomic E-state index is 12.4. The number of hydrogen-bond donors (Lipinski definition) is 1. The summed E-state index contributed by atoms with van der Waals surface area (Å²) in [6.07, 6.45) is 3.17. The Morgan fingerprint density at radius 2 is 2.04 bits per heavy atom. The molecule has 2 N–H and O–H groups in total. The first-order valence-electron chi connectivity index (χ1n) is 8.54. The number of esters is 1. The topological polar surface area (TPSA) is 109 Å². The lowest BCUT2D eigenvalue weighted by Gasteiger charge is -2.08. The van der Waals surface area contributed by atoms with E-state index < -0.39 is 5.97 Å². The van der Waals surface area contributed by atoms with Crippen molar-refractivity contribution in [1.82, 2.24) is 24.7 Å². The second-order valence-electron chi connectivity index (χ2n) is 6.44. The third-order valence-electron chi connectivity index (χ3n) is 4.17. The summed E-state index contributed by atoms with van der Waals surface area (Å²) in [5, 5.41) is 5.85. The Labute approximate surface area is 155 Å². The van der Waals surface area contributed by atoms with Gasteiger partial charge in [-0.1, -0.05) is 12.1 Å². The number of hydrogen-bond acceptors (Lipinski definition) is 7. The van der Waals surface area contributed by atoms with E-state index in [1.165, 1.54) is 6.20 Å². The molecule has 0 saturated heterocycles. The van der Waals surface area contributed by atoms with Crippen LogP contribution in [0.2, 0.25) is 0 Å². The highest BCUT2D eigenvalue weighted by Gasteiger charge is 2.14. The van der Waals surface area contributed by atoms with E-state index in [9.17, 15) is 4.79 Å². The number of nitrogens with two attached hydrogens (primary N) is 1. The fourth-order valence-corrected chi connectivity index (χ4v) is 2.86. The number of pyridine rings is 1. The first kappa shape index (κ1) is 16.9. The molecule has 0 unspecified atom stereocenters. The standard InChI is InChI=1S/C19H18N6O2/c1-11(2)25-18-12(9-22-25)7-13(8-21-18)19(26)27-10-16-23-15-6-4-3-5-14(15)17(20)24-16/h3-9,11H,10H2,1-2H3,(H2,20,23,24). The SMILES string of the molecule is CC(C)n1ncc2cc(C(=O)OCc3nc(N)c4ccccc4n3)cnc21. The molecule has 0 radical (unpaired) electrons. The van der Waals surface area contributed by atoms with E-state index in [0.29, 0.717) is 22.7 Å². The normalized spacial score (nSPS) is 11.4. The van der Waals surface area contributed by atoms with Crippen molar-refractivity contribution in [3.8, 4) is 0 Å². The monoisotopic (exact) mass is 362 g/mol. The minimum absolute atomic E-state index is 0.0723. The summed E-state index contributed by atoms with van der Waals surface area (Å²) in [5.41, 5.74) is 7.74. The summed E-state index contributed by atoms with van der Waals surface area (Å²) < 4.78 is 7.14. The Kier molecular flexibility index (Phi) is 4.15. The van der Waals surface area contributed by atoms with Crippen molar-refractivity contribution < 1.29 is 9.53 Å². The van der Waals surface area contributed by atoms with Crippen molar-refractivity contribution in [2.45, 2.75) is 26.5 Å². The van der Waals surface area contributed by atoms with Crippen molar-refractivity contribution in [2.24, 2.45) is 0 Å². The van der Waals surface area contributed by atoms with E-state index in [1.807, 2.05) is 38.1 Å². The molecule has 1 aromatic carbocycles. The number of carbonyl (C=O) groups excluding carboxylic acids is 1. The molecule has 3 heterocycles. The van der Waals surface area contributed by atoms with Gasteiger partial charge in [-0.3, -0.25) is 0 Å². The predicted octanol–water partition coefficient (Wildman–Crippen LogP) is 2.89. The number of anilines is 1. The Morgan fingerprint density at radius 1 is 1.22 bits per heavy atom. The molecular formula is C19H18N6O2. The highest BCUT2D eigenvalue weighted by atomic mass is 16.5. The number of nitrogen functional groups attached to an aromatic ring is 1. The lowest BCUT2D eigenvalue weighted by atomic mass is 10.2. The molecule has 4 aromatic rings. The zero-order valence-corrected chi connectivity index (χ0v) is 15.0. The second kappa shape index (κ2) is 6.64. The third kappa shape index (κ3) is 3.17. The molecule has 0 aliphatic carbocycles. The quantitative estimate of drug-likeness (QED) is 0.556. The van der Waals surface area contributed by atoms with Crippen LogP contribution in [0.5, 0.6) is 0 Å². The fourth-order valence-electron chi connectivity index (χ4n) is 2.86. The van der Waals surface area contributed by atoms with Gasteiger partial charge in [0.25, 0.3) is 0 Å². The van der Waals surface area contributed by atoms with E-state index in [2.05, 4.69) is 20.1 Å². The molecule has 8 nitrogen and oxygen atoms in total. The van der Waals surface area contributed by atoms with E-state index >= 15 is 0 Å². The summed E-state index contributed by atoms with van der Waals surface area (Å²) >= 11 is 0. The van der Waals surface area contributed by atoms with Crippen molar-refractivity contribution >= 4 is 33.7 Å². The van der Waals surface area contributed by atoms with Crippen LogP contribution in [0.1, 0.15) is 36.1 Å². The van der Waals surface area contributed by atoms with Gasteiger partial charge < -0.3 is 10.5 Å². The fraction of sp³-hybridized carbons (Fsp3) is 0.211. The van der Waals surface area contributed by atoms with Gasteiger partial charge in [0.05, 0.1) is 17.3 Å². The van der Waals surface area contributed by atoms with E-state index in [0.717, 1.165) is 16.4 Å². The van der Waals surface area contributed by atoms with Crippen molar-refractivity contribution in [3.63, 3.8) is 0 Å². The number of para-hydroxylation sites is 1. The van der Waals surface area contributed by atoms with Crippen LogP contribution in [0.15, 0.2) is 42.7 Å². The summed E-state index contributed by atoms with van der Waals surface area (Å²) in [5.74, 6) is 0.203. The zero-order chi connectivity index (χ0) is 19.0. The van der Waals surface area contributed by atoms with Gasteiger partial charge in [-0.05, 0) is 32.0 Å². The van der Waals surface area contributed by atoms with Crippen LogP contribution in [0.25, 0.3) is 21.9 Å². The second-order valence-corrected chi connectivity index (χ2v) is 6.44. The molecule has 0 atom stereocenters. The Bertz CT molecular complexity index is 1150. The highest BCUT2D eigenvalue weighted by Crippen LogP contribution is 2.19. The molecule has 27 heavy (non-hydrogen) atoms. The molecule has 0 spiro atoms. The lowest BCUT2D eigenvalue weighted by Crippen LogP contribution is -2.09. The minimum atomic E-state index is -0.503. The van der Waals surface area contributed by atoms with Gasteiger partial charge in [0.1, 0.15) is 5.82 Å². The summed E-state index contributed by atoms with van der Waals surface area (Å²) in [4.78, 5) is 25.3.